The minimum absolute atomic E-state index is 0.0329. The van der Waals surface area contributed by atoms with Crippen LogP contribution in [0.15, 0.2) is 40.0 Å². The van der Waals surface area contributed by atoms with Crippen LogP contribution in [-0.2, 0) is 16.3 Å². The van der Waals surface area contributed by atoms with E-state index in [0.717, 1.165) is 25.1 Å². The van der Waals surface area contributed by atoms with Crippen LogP contribution in [0.1, 0.15) is 25.5 Å². The normalized spacial score (nSPS) is 11.5. The average Bonchev–Trinajstić information content (AvgIpc) is 2.97. The van der Waals surface area contributed by atoms with E-state index >= 15 is 0 Å². The highest BCUT2D eigenvalue weighted by Gasteiger charge is 2.15. The molecule has 1 N–H and O–H groups in total. The van der Waals surface area contributed by atoms with Crippen molar-refractivity contribution in [2.24, 2.45) is 0 Å². The average molecular weight is 309 g/mol. The Morgan fingerprint density at radius 1 is 1.24 bits per heavy atom. The van der Waals surface area contributed by atoms with Crippen molar-refractivity contribution in [3.63, 3.8) is 0 Å². The molecule has 0 unspecified atom stereocenters. The van der Waals surface area contributed by atoms with Gasteiger partial charge in [-0.3, -0.25) is 0 Å². The topological polar surface area (TPSA) is 85.1 Å². The zero-order valence-electron chi connectivity index (χ0n) is 11.9. The molecule has 2 aromatic rings. The summed E-state index contributed by atoms with van der Waals surface area (Å²) in [5, 5.41) is 10.8. The van der Waals surface area contributed by atoms with Gasteiger partial charge in [0.15, 0.2) is 14.9 Å². The molecule has 0 aromatic carbocycles. The Balaban J connectivity index is 1.82. The van der Waals surface area contributed by atoms with E-state index < -0.39 is 9.84 Å². The number of aryl methyl sites for hydroxylation is 1. The van der Waals surface area contributed by atoms with Crippen molar-refractivity contribution in [3.05, 3.63) is 36.3 Å². The molecule has 0 radical (unpaired) electrons. The maximum atomic E-state index is 11.8. The molecule has 0 atom stereocenters. The molecule has 0 saturated carbocycles. The molecule has 0 aliphatic rings. The van der Waals surface area contributed by atoms with Gasteiger partial charge in [-0.15, -0.1) is 10.2 Å². The van der Waals surface area contributed by atoms with E-state index in [2.05, 4.69) is 15.5 Å². The number of sulfone groups is 1. The van der Waals surface area contributed by atoms with Gasteiger partial charge in [-0.1, -0.05) is 6.92 Å². The molecule has 0 aliphatic heterocycles. The molecule has 0 aliphatic carbocycles. The number of anilines is 1. The molecule has 2 aromatic heterocycles. The molecule has 7 heteroatoms. The molecule has 0 bridgehead atoms. The van der Waals surface area contributed by atoms with E-state index in [1.165, 1.54) is 6.07 Å². The fourth-order valence-corrected chi connectivity index (χ4v) is 3.07. The smallest absolute Gasteiger partial charge is 0.197 e. The Morgan fingerprint density at radius 2 is 2.10 bits per heavy atom. The van der Waals surface area contributed by atoms with Crippen LogP contribution in [0.2, 0.25) is 0 Å². The van der Waals surface area contributed by atoms with Gasteiger partial charge in [-0.25, -0.2) is 8.42 Å². The van der Waals surface area contributed by atoms with E-state index in [9.17, 15) is 8.42 Å². The van der Waals surface area contributed by atoms with Crippen LogP contribution in [0.5, 0.6) is 0 Å². The number of aromatic nitrogens is 2. The largest absolute Gasteiger partial charge is 0.469 e. The van der Waals surface area contributed by atoms with Crippen LogP contribution in [0.25, 0.3) is 0 Å². The molecule has 2 heterocycles. The highest BCUT2D eigenvalue weighted by molar-refractivity contribution is 7.91. The van der Waals surface area contributed by atoms with Crippen molar-refractivity contribution >= 4 is 15.7 Å². The lowest BCUT2D eigenvalue weighted by atomic mass is 10.2. The molecule has 114 valence electrons. The van der Waals surface area contributed by atoms with Gasteiger partial charge in [0.1, 0.15) is 11.6 Å². The lowest BCUT2D eigenvalue weighted by Crippen LogP contribution is -2.11. The second-order valence-electron chi connectivity index (χ2n) is 4.69. The van der Waals surface area contributed by atoms with Crippen molar-refractivity contribution in [1.29, 1.82) is 0 Å². The number of nitrogens with zero attached hydrogens (tertiary/aromatic N) is 2. The fourth-order valence-electron chi connectivity index (χ4n) is 1.89. The number of furan rings is 1. The number of nitrogens with one attached hydrogen (secondary N) is 1. The minimum atomic E-state index is -3.30. The Morgan fingerprint density at radius 3 is 2.71 bits per heavy atom. The molecule has 6 nitrogen and oxygen atoms in total. The Labute approximate surface area is 124 Å². The first-order valence-electron chi connectivity index (χ1n) is 6.94. The molecule has 2 rings (SSSR count). The summed E-state index contributed by atoms with van der Waals surface area (Å²) in [4.78, 5) is 0. The Bertz CT molecular complexity index is 637. The van der Waals surface area contributed by atoms with E-state index in [0.29, 0.717) is 12.2 Å². The van der Waals surface area contributed by atoms with Crippen LogP contribution in [0.3, 0.4) is 0 Å². The predicted octanol–water partition coefficient (Wildman–Crippen LogP) is 2.30. The first kappa shape index (κ1) is 15.5. The lowest BCUT2D eigenvalue weighted by molar-refractivity contribution is 0.504. The molecule has 0 spiro atoms. The van der Waals surface area contributed by atoms with Crippen molar-refractivity contribution in [2.45, 2.75) is 31.2 Å². The second-order valence-corrected chi connectivity index (χ2v) is 6.74. The van der Waals surface area contributed by atoms with Crippen molar-refractivity contribution < 1.29 is 12.8 Å². The van der Waals surface area contributed by atoms with Gasteiger partial charge in [0.05, 0.1) is 12.0 Å². The fraction of sp³-hybridized carbons (Fsp3) is 0.429. The minimum Gasteiger partial charge on any atom is -0.469 e. The summed E-state index contributed by atoms with van der Waals surface area (Å²) in [5.74, 6) is 1.62. The maximum absolute atomic E-state index is 11.8. The summed E-state index contributed by atoms with van der Waals surface area (Å²) in [6.45, 7) is 2.54. The molecule has 0 fully saturated rings. The summed E-state index contributed by atoms with van der Waals surface area (Å²) in [7, 11) is -3.30. The van der Waals surface area contributed by atoms with Crippen LogP contribution in [0, 0.1) is 0 Å². The van der Waals surface area contributed by atoms with Crippen LogP contribution in [-0.4, -0.2) is 30.9 Å². The number of hydrogen-bond donors (Lipinski definition) is 1. The third kappa shape index (κ3) is 4.56. The van der Waals surface area contributed by atoms with Gasteiger partial charge in [0.25, 0.3) is 0 Å². The molecule has 0 amide bonds. The quantitative estimate of drug-likeness (QED) is 0.753. The standard InChI is InChI=1S/C14H19N3O3S/c1-2-11-21(18,19)14-8-7-13(16-17-14)15-9-3-5-12-6-4-10-20-12/h4,6-8,10H,2-3,5,9,11H2,1H3,(H,15,16). The van der Waals surface area contributed by atoms with Gasteiger partial charge in [0.2, 0.25) is 0 Å². The van der Waals surface area contributed by atoms with Gasteiger partial charge in [-0.2, -0.15) is 0 Å². The van der Waals surface area contributed by atoms with Crippen molar-refractivity contribution in [1.82, 2.24) is 10.2 Å². The second kappa shape index (κ2) is 7.21. The monoisotopic (exact) mass is 309 g/mol. The summed E-state index contributed by atoms with van der Waals surface area (Å²) in [6.07, 6.45) is 3.96. The molecule has 21 heavy (non-hydrogen) atoms. The summed E-state index contributed by atoms with van der Waals surface area (Å²) in [6, 6.07) is 6.94. The third-order valence-corrected chi connectivity index (χ3v) is 4.72. The zero-order chi connectivity index (χ0) is 15.1. The van der Waals surface area contributed by atoms with E-state index in [-0.39, 0.29) is 10.8 Å². The first-order valence-corrected chi connectivity index (χ1v) is 8.60. The number of rotatable bonds is 8. The summed E-state index contributed by atoms with van der Waals surface area (Å²) < 4.78 is 28.8. The molecular weight excluding hydrogens is 290 g/mol. The Kier molecular flexibility index (Phi) is 5.32. The van der Waals surface area contributed by atoms with Crippen molar-refractivity contribution in [3.8, 4) is 0 Å². The van der Waals surface area contributed by atoms with Gasteiger partial charge in [0, 0.05) is 13.0 Å². The van der Waals surface area contributed by atoms with Gasteiger partial charge >= 0.3 is 0 Å². The van der Waals surface area contributed by atoms with E-state index in [1.54, 1.807) is 12.3 Å². The highest BCUT2D eigenvalue weighted by atomic mass is 32.2. The van der Waals surface area contributed by atoms with E-state index in [4.69, 9.17) is 4.42 Å². The van der Waals surface area contributed by atoms with Crippen LogP contribution >= 0.6 is 0 Å². The van der Waals surface area contributed by atoms with Crippen LogP contribution in [0.4, 0.5) is 5.82 Å². The maximum Gasteiger partial charge on any atom is 0.197 e. The summed E-state index contributed by atoms with van der Waals surface area (Å²) in [5.41, 5.74) is 0. The predicted molar refractivity (Wildman–Crippen MR) is 79.9 cm³/mol. The Hall–Kier alpha value is -1.89. The lowest BCUT2D eigenvalue weighted by Gasteiger charge is -2.05. The molecular formula is C14H19N3O3S. The first-order chi connectivity index (χ1) is 10.1. The van der Waals surface area contributed by atoms with Crippen LogP contribution < -0.4 is 5.32 Å². The molecule has 0 saturated heterocycles. The van der Waals surface area contributed by atoms with Gasteiger partial charge < -0.3 is 9.73 Å². The van der Waals surface area contributed by atoms with Gasteiger partial charge in [-0.05, 0) is 37.1 Å². The van der Waals surface area contributed by atoms with Crippen molar-refractivity contribution in [2.75, 3.05) is 17.6 Å². The SMILES string of the molecule is CCCS(=O)(=O)c1ccc(NCCCc2ccco2)nn1. The summed E-state index contributed by atoms with van der Waals surface area (Å²) >= 11 is 0. The number of hydrogen-bond acceptors (Lipinski definition) is 6. The zero-order valence-corrected chi connectivity index (χ0v) is 12.8. The third-order valence-electron chi connectivity index (χ3n) is 2.92. The highest BCUT2D eigenvalue weighted by Crippen LogP contribution is 2.10. The van der Waals surface area contributed by atoms with E-state index in [1.807, 2.05) is 19.1 Å².